The highest BCUT2D eigenvalue weighted by Crippen LogP contribution is 2.27. The van der Waals surface area contributed by atoms with Crippen LogP contribution >= 0.6 is 15.9 Å². The number of nitrogens with zero attached hydrogens (tertiary/aromatic N) is 2. The average Bonchev–Trinajstić information content (AvgIpc) is 2.65. The van der Waals surface area contributed by atoms with E-state index in [4.69, 9.17) is 10.5 Å². The SMILES string of the molecule is CN=C(N)C/C=C1\CN(C(=O)OC(C)(C)C)C=C1Br. The molecule has 1 aliphatic heterocycles. The highest BCUT2D eigenvalue weighted by Gasteiger charge is 2.26. The molecule has 1 amide bonds. The van der Waals surface area contributed by atoms with Crippen LogP contribution < -0.4 is 5.73 Å². The van der Waals surface area contributed by atoms with Crippen LogP contribution in [0.2, 0.25) is 0 Å². The molecule has 0 saturated heterocycles. The third-order valence-electron chi connectivity index (χ3n) is 2.39. The Balaban J connectivity index is 2.68. The number of ether oxygens (including phenoxy) is 1. The van der Waals surface area contributed by atoms with E-state index in [0.717, 1.165) is 10.1 Å². The number of carbonyl (C=O) groups excluding carboxylic acids is 1. The van der Waals surface area contributed by atoms with Gasteiger partial charge in [0.15, 0.2) is 0 Å². The van der Waals surface area contributed by atoms with Gasteiger partial charge in [0.1, 0.15) is 5.60 Å². The average molecular weight is 330 g/mol. The molecule has 1 heterocycles. The summed E-state index contributed by atoms with van der Waals surface area (Å²) in [4.78, 5) is 17.3. The first kappa shape index (κ1) is 15.8. The van der Waals surface area contributed by atoms with Crippen LogP contribution in [-0.2, 0) is 4.74 Å². The fraction of sp³-hybridized carbons (Fsp3) is 0.538. The van der Waals surface area contributed by atoms with E-state index in [2.05, 4.69) is 20.9 Å². The molecule has 1 rings (SSSR count). The summed E-state index contributed by atoms with van der Waals surface area (Å²) in [6.07, 6.45) is 3.88. The number of hydrogen-bond acceptors (Lipinski definition) is 3. The minimum absolute atomic E-state index is 0.356. The predicted octanol–water partition coefficient (Wildman–Crippen LogP) is 2.78. The van der Waals surface area contributed by atoms with Crippen LogP contribution in [0.25, 0.3) is 0 Å². The smallest absolute Gasteiger partial charge is 0.414 e. The number of nitrogens with two attached hydrogens (primary N) is 1. The second-order valence-corrected chi connectivity index (χ2v) is 6.09. The highest BCUT2D eigenvalue weighted by molar-refractivity contribution is 9.12. The van der Waals surface area contributed by atoms with Gasteiger partial charge >= 0.3 is 6.09 Å². The Morgan fingerprint density at radius 1 is 1.63 bits per heavy atom. The number of amidine groups is 1. The number of halogens is 1. The van der Waals surface area contributed by atoms with Gasteiger partial charge in [0.25, 0.3) is 0 Å². The third kappa shape index (κ3) is 5.06. The van der Waals surface area contributed by atoms with Gasteiger partial charge in [-0.15, -0.1) is 0 Å². The summed E-state index contributed by atoms with van der Waals surface area (Å²) in [6, 6.07) is 0. The molecule has 0 radical (unpaired) electrons. The minimum Gasteiger partial charge on any atom is -0.443 e. The normalized spacial score (nSPS) is 18.8. The van der Waals surface area contributed by atoms with Crippen molar-refractivity contribution in [1.82, 2.24) is 4.90 Å². The zero-order chi connectivity index (χ0) is 14.6. The molecule has 106 valence electrons. The van der Waals surface area contributed by atoms with Gasteiger partial charge in [0.05, 0.1) is 12.4 Å². The summed E-state index contributed by atoms with van der Waals surface area (Å²) >= 11 is 3.43. The molecule has 2 N–H and O–H groups in total. The van der Waals surface area contributed by atoms with Crippen molar-refractivity contribution in [3.63, 3.8) is 0 Å². The molecule has 0 atom stereocenters. The van der Waals surface area contributed by atoms with E-state index < -0.39 is 5.60 Å². The first-order valence-corrected chi connectivity index (χ1v) is 6.79. The van der Waals surface area contributed by atoms with Crippen molar-refractivity contribution in [2.24, 2.45) is 10.7 Å². The number of rotatable bonds is 2. The lowest BCUT2D eigenvalue weighted by Gasteiger charge is -2.23. The number of hydrogen-bond donors (Lipinski definition) is 1. The van der Waals surface area contributed by atoms with E-state index in [0.29, 0.717) is 18.8 Å². The Labute approximate surface area is 122 Å². The topological polar surface area (TPSA) is 67.9 Å². The largest absolute Gasteiger partial charge is 0.443 e. The van der Waals surface area contributed by atoms with Crippen molar-refractivity contribution in [1.29, 1.82) is 0 Å². The Morgan fingerprint density at radius 2 is 2.26 bits per heavy atom. The molecule has 0 unspecified atom stereocenters. The van der Waals surface area contributed by atoms with Crippen LogP contribution in [0, 0.1) is 0 Å². The number of aliphatic imine (C=N–C) groups is 1. The van der Waals surface area contributed by atoms with Gasteiger partial charge in [0, 0.05) is 24.2 Å². The molecule has 0 bridgehead atoms. The van der Waals surface area contributed by atoms with Crippen LogP contribution in [0.4, 0.5) is 4.79 Å². The summed E-state index contributed by atoms with van der Waals surface area (Å²) in [5, 5.41) is 0. The van der Waals surface area contributed by atoms with Crippen molar-refractivity contribution in [3.8, 4) is 0 Å². The van der Waals surface area contributed by atoms with Gasteiger partial charge in [-0.05, 0) is 42.3 Å². The maximum absolute atomic E-state index is 11.9. The van der Waals surface area contributed by atoms with Crippen LogP contribution in [0.5, 0.6) is 0 Å². The summed E-state index contributed by atoms with van der Waals surface area (Å²) < 4.78 is 6.17. The van der Waals surface area contributed by atoms with Crippen molar-refractivity contribution in [3.05, 3.63) is 22.3 Å². The predicted molar refractivity (Wildman–Crippen MR) is 80.2 cm³/mol. The lowest BCUT2D eigenvalue weighted by Crippen LogP contribution is -2.32. The highest BCUT2D eigenvalue weighted by atomic mass is 79.9. The molecule has 19 heavy (non-hydrogen) atoms. The lowest BCUT2D eigenvalue weighted by molar-refractivity contribution is 0.0357. The first-order chi connectivity index (χ1) is 8.73. The van der Waals surface area contributed by atoms with E-state index in [1.54, 1.807) is 13.2 Å². The molecule has 6 heteroatoms. The van der Waals surface area contributed by atoms with Crippen molar-refractivity contribution < 1.29 is 9.53 Å². The second kappa shape index (κ2) is 6.23. The summed E-state index contributed by atoms with van der Waals surface area (Å²) in [6.45, 7) is 6.01. The molecule has 0 aromatic carbocycles. The zero-order valence-electron chi connectivity index (χ0n) is 11.7. The van der Waals surface area contributed by atoms with Crippen molar-refractivity contribution in [2.75, 3.05) is 13.6 Å². The zero-order valence-corrected chi connectivity index (χ0v) is 13.3. The van der Waals surface area contributed by atoms with Crippen molar-refractivity contribution in [2.45, 2.75) is 32.8 Å². The van der Waals surface area contributed by atoms with Crippen LogP contribution in [0.1, 0.15) is 27.2 Å². The molecular formula is C13H20BrN3O2. The monoisotopic (exact) mass is 329 g/mol. The Morgan fingerprint density at radius 3 is 2.79 bits per heavy atom. The molecule has 0 fully saturated rings. The van der Waals surface area contributed by atoms with E-state index >= 15 is 0 Å². The van der Waals surface area contributed by atoms with E-state index in [1.165, 1.54) is 4.90 Å². The maximum Gasteiger partial charge on any atom is 0.414 e. The fourth-order valence-corrected chi connectivity index (χ4v) is 1.98. The van der Waals surface area contributed by atoms with E-state index in [1.807, 2.05) is 26.8 Å². The minimum atomic E-state index is -0.497. The van der Waals surface area contributed by atoms with Gasteiger partial charge in [-0.2, -0.15) is 0 Å². The molecule has 1 aliphatic rings. The first-order valence-electron chi connectivity index (χ1n) is 6.00. The molecule has 0 saturated carbocycles. The maximum atomic E-state index is 11.9. The Hall–Kier alpha value is -1.30. The fourth-order valence-electron chi connectivity index (χ4n) is 1.44. The lowest BCUT2D eigenvalue weighted by atomic mass is 10.2. The third-order valence-corrected chi connectivity index (χ3v) is 3.10. The quantitative estimate of drug-likeness (QED) is 0.625. The Kier molecular flexibility index (Phi) is 5.17. The second-order valence-electron chi connectivity index (χ2n) is 5.23. The molecule has 5 nitrogen and oxygen atoms in total. The summed E-state index contributed by atoms with van der Waals surface area (Å²) in [5.74, 6) is 0.559. The van der Waals surface area contributed by atoms with Crippen LogP contribution in [0.3, 0.4) is 0 Å². The van der Waals surface area contributed by atoms with Crippen molar-refractivity contribution >= 4 is 27.9 Å². The molecule has 0 spiro atoms. The number of carbonyl (C=O) groups is 1. The molecule has 0 aliphatic carbocycles. The van der Waals surface area contributed by atoms with E-state index in [9.17, 15) is 4.79 Å². The summed E-state index contributed by atoms with van der Waals surface area (Å²) in [7, 11) is 1.65. The van der Waals surface area contributed by atoms with Gasteiger partial charge in [-0.25, -0.2) is 4.79 Å². The molecule has 0 aromatic heterocycles. The van der Waals surface area contributed by atoms with Gasteiger partial charge in [-0.3, -0.25) is 9.89 Å². The number of amides is 1. The Bertz CT molecular complexity index is 447. The van der Waals surface area contributed by atoms with Crippen LogP contribution in [-0.4, -0.2) is 36.0 Å². The van der Waals surface area contributed by atoms with Gasteiger partial charge < -0.3 is 10.5 Å². The molecule has 0 aromatic rings. The van der Waals surface area contributed by atoms with Crippen LogP contribution in [0.15, 0.2) is 27.3 Å². The standard InChI is InChI=1S/C13H20BrN3O2/c1-13(2,3)19-12(18)17-7-9(10(14)8-17)5-6-11(15)16-4/h5,8H,6-7H2,1-4H3,(H2,15,16)/b9-5+. The molecular weight excluding hydrogens is 310 g/mol. The summed E-state index contributed by atoms with van der Waals surface area (Å²) in [5.41, 5.74) is 6.14. The van der Waals surface area contributed by atoms with Gasteiger partial charge in [0.2, 0.25) is 0 Å². The van der Waals surface area contributed by atoms with Gasteiger partial charge in [-0.1, -0.05) is 6.08 Å². The van der Waals surface area contributed by atoms with E-state index in [-0.39, 0.29) is 6.09 Å².